The second-order valence-corrected chi connectivity index (χ2v) is 10.0. The summed E-state index contributed by atoms with van der Waals surface area (Å²) in [6.45, 7) is 1.94. The first-order valence-corrected chi connectivity index (χ1v) is 12.0. The number of halogens is 1. The largest absolute Gasteiger partial charge is 0.496 e. The Morgan fingerprint density at radius 2 is 1.60 bits per heavy atom. The minimum absolute atomic E-state index is 0.331. The van der Waals surface area contributed by atoms with Crippen molar-refractivity contribution >= 4 is 38.4 Å². The Morgan fingerprint density at radius 1 is 0.900 bits per heavy atom. The first-order valence-electron chi connectivity index (χ1n) is 9.47. The van der Waals surface area contributed by atoms with Gasteiger partial charge in [-0.1, -0.05) is 12.1 Å². The second kappa shape index (κ2) is 8.86. The molecule has 1 fully saturated rings. The fraction of sp³-hybridized carbons (Fsp3) is 0.238. The summed E-state index contributed by atoms with van der Waals surface area (Å²) in [5.41, 5.74) is 1.61. The molecule has 4 rings (SSSR count). The van der Waals surface area contributed by atoms with Gasteiger partial charge >= 0.3 is 0 Å². The molecule has 0 unspecified atom stereocenters. The second-order valence-electron chi connectivity index (χ2n) is 6.82. The van der Waals surface area contributed by atoms with E-state index in [-0.39, 0.29) is 0 Å². The van der Waals surface area contributed by atoms with Crippen LogP contribution in [0.25, 0.3) is 11.3 Å². The van der Waals surface area contributed by atoms with Crippen LogP contribution in [-0.4, -0.2) is 56.2 Å². The van der Waals surface area contributed by atoms with Crippen LogP contribution in [0.2, 0.25) is 0 Å². The molecular weight excluding hydrogens is 515 g/mol. The van der Waals surface area contributed by atoms with Gasteiger partial charge in [-0.3, -0.25) is 0 Å². The molecule has 1 aromatic heterocycles. The Labute approximate surface area is 189 Å². The van der Waals surface area contributed by atoms with E-state index in [1.54, 1.807) is 19.2 Å². The van der Waals surface area contributed by atoms with Crippen LogP contribution in [0.5, 0.6) is 5.75 Å². The Balaban J connectivity index is 1.45. The van der Waals surface area contributed by atoms with Crippen molar-refractivity contribution in [1.82, 2.24) is 14.5 Å². The van der Waals surface area contributed by atoms with Crippen molar-refractivity contribution in [3.05, 3.63) is 64.2 Å². The van der Waals surface area contributed by atoms with Crippen LogP contribution in [0.4, 0.5) is 5.82 Å². The molecule has 1 saturated heterocycles. The number of ether oxygens (including phenoxy) is 1. The van der Waals surface area contributed by atoms with Crippen LogP contribution in [0.1, 0.15) is 0 Å². The van der Waals surface area contributed by atoms with Gasteiger partial charge in [-0.2, -0.15) is 4.31 Å². The molecule has 0 spiro atoms. The highest BCUT2D eigenvalue weighted by Gasteiger charge is 2.29. The summed E-state index contributed by atoms with van der Waals surface area (Å²) in [5.74, 6) is 1.48. The molecule has 156 valence electrons. The van der Waals surface area contributed by atoms with Gasteiger partial charge in [0.15, 0.2) is 5.82 Å². The van der Waals surface area contributed by atoms with Crippen LogP contribution in [0, 0.1) is 3.57 Å². The molecule has 0 N–H and O–H groups in total. The molecule has 1 aliphatic rings. The number of rotatable bonds is 5. The van der Waals surface area contributed by atoms with Gasteiger partial charge in [-0.15, -0.1) is 10.2 Å². The van der Waals surface area contributed by atoms with Crippen LogP contribution >= 0.6 is 22.6 Å². The maximum atomic E-state index is 12.9. The fourth-order valence-corrected chi connectivity index (χ4v) is 5.19. The number of hydrogen-bond donors (Lipinski definition) is 0. The zero-order chi connectivity index (χ0) is 21.1. The lowest BCUT2D eigenvalue weighted by molar-refractivity contribution is 0.383. The van der Waals surface area contributed by atoms with Gasteiger partial charge in [0.1, 0.15) is 5.75 Å². The number of para-hydroxylation sites is 1. The Bertz CT molecular complexity index is 1110. The van der Waals surface area contributed by atoms with Crippen LogP contribution < -0.4 is 9.64 Å². The lowest BCUT2D eigenvalue weighted by atomic mass is 10.1. The molecule has 0 amide bonds. The number of nitrogens with zero attached hydrogens (tertiary/aromatic N) is 4. The van der Waals surface area contributed by atoms with Gasteiger partial charge in [0.05, 0.1) is 17.7 Å². The van der Waals surface area contributed by atoms with E-state index in [4.69, 9.17) is 4.74 Å². The summed E-state index contributed by atoms with van der Waals surface area (Å²) in [5, 5.41) is 8.71. The Kier molecular flexibility index (Phi) is 6.21. The third kappa shape index (κ3) is 4.28. The van der Waals surface area contributed by atoms with Crippen molar-refractivity contribution in [2.75, 3.05) is 38.2 Å². The van der Waals surface area contributed by atoms with Crippen LogP contribution in [0.3, 0.4) is 0 Å². The van der Waals surface area contributed by atoms with E-state index in [9.17, 15) is 8.42 Å². The summed E-state index contributed by atoms with van der Waals surface area (Å²) in [6, 6.07) is 18.4. The molecule has 1 aliphatic heterocycles. The van der Waals surface area contributed by atoms with Gasteiger partial charge in [0, 0.05) is 35.3 Å². The minimum Gasteiger partial charge on any atom is -0.496 e. The van der Waals surface area contributed by atoms with E-state index >= 15 is 0 Å². The first-order chi connectivity index (χ1) is 14.5. The summed E-state index contributed by atoms with van der Waals surface area (Å²) < 4.78 is 33.7. The fourth-order valence-electron chi connectivity index (χ4n) is 3.41. The molecule has 2 aromatic carbocycles. The van der Waals surface area contributed by atoms with E-state index < -0.39 is 10.0 Å². The monoisotopic (exact) mass is 536 g/mol. The summed E-state index contributed by atoms with van der Waals surface area (Å²) in [4.78, 5) is 2.39. The van der Waals surface area contributed by atoms with Gasteiger partial charge in [-0.25, -0.2) is 8.42 Å². The van der Waals surface area contributed by atoms with E-state index in [0.29, 0.717) is 31.1 Å². The zero-order valence-electron chi connectivity index (χ0n) is 16.4. The van der Waals surface area contributed by atoms with Crippen molar-refractivity contribution in [2.45, 2.75) is 4.90 Å². The van der Waals surface area contributed by atoms with E-state index in [2.05, 4.69) is 37.7 Å². The Morgan fingerprint density at radius 3 is 2.23 bits per heavy atom. The van der Waals surface area contributed by atoms with Crippen LogP contribution in [-0.2, 0) is 10.0 Å². The predicted molar refractivity (Wildman–Crippen MR) is 124 cm³/mol. The molecule has 0 aliphatic carbocycles. The van der Waals surface area contributed by atoms with Crippen molar-refractivity contribution in [1.29, 1.82) is 0 Å². The number of benzene rings is 2. The minimum atomic E-state index is -3.48. The van der Waals surface area contributed by atoms with E-state index in [1.807, 2.05) is 48.5 Å². The smallest absolute Gasteiger partial charge is 0.243 e. The average Bonchev–Trinajstić information content (AvgIpc) is 2.79. The average molecular weight is 536 g/mol. The summed E-state index contributed by atoms with van der Waals surface area (Å²) in [7, 11) is -1.85. The third-order valence-corrected chi connectivity index (χ3v) is 7.68. The van der Waals surface area contributed by atoms with Gasteiger partial charge in [0.25, 0.3) is 0 Å². The summed E-state index contributed by atoms with van der Waals surface area (Å²) in [6.07, 6.45) is 0. The molecule has 30 heavy (non-hydrogen) atoms. The molecule has 9 heteroatoms. The molecule has 0 bridgehead atoms. The number of aromatic nitrogens is 2. The summed E-state index contributed by atoms with van der Waals surface area (Å²) >= 11 is 2.16. The van der Waals surface area contributed by atoms with Crippen molar-refractivity contribution in [3.63, 3.8) is 0 Å². The molecule has 3 aromatic rings. The highest BCUT2D eigenvalue weighted by molar-refractivity contribution is 14.1. The van der Waals surface area contributed by atoms with Gasteiger partial charge in [0.2, 0.25) is 10.0 Å². The molecule has 2 heterocycles. The lowest BCUT2D eigenvalue weighted by Crippen LogP contribution is -2.49. The number of sulfonamides is 1. The molecule has 0 atom stereocenters. The molecule has 7 nitrogen and oxygen atoms in total. The van der Waals surface area contributed by atoms with E-state index in [1.165, 1.54) is 4.31 Å². The highest BCUT2D eigenvalue weighted by Crippen LogP contribution is 2.28. The number of hydrogen-bond acceptors (Lipinski definition) is 6. The number of anilines is 1. The number of methoxy groups -OCH3 is 1. The van der Waals surface area contributed by atoms with Crippen molar-refractivity contribution < 1.29 is 13.2 Å². The van der Waals surface area contributed by atoms with Gasteiger partial charge < -0.3 is 9.64 Å². The van der Waals surface area contributed by atoms with Gasteiger partial charge in [-0.05, 0) is 71.1 Å². The topological polar surface area (TPSA) is 75.6 Å². The predicted octanol–water partition coefficient (Wildman–Crippen LogP) is 3.27. The van der Waals surface area contributed by atoms with Crippen molar-refractivity contribution in [2.24, 2.45) is 0 Å². The molecule has 0 saturated carbocycles. The molecular formula is C21H21IN4O3S. The Hall–Kier alpha value is -2.24. The third-order valence-electron chi connectivity index (χ3n) is 5.05. The normalized spacial score (nSPS) is 15.2. The zero-order valence-corrected chi connectivity index (χ0v) is 19.4. The first kappa shape index (κ1) is 21.0. The highest BCUT2D eigenvalue weighted by atomic mass is 127. The standard InChI is InChI=1S/C21H21IN4O3S/c1-29-20-5-3-2-4-18(20)19-10-11-21(24-23-19)25-12-14-26(15-13-25)30(27,28)17-8-6-16(22)7-9-17/h2-11H,12-15H2,1H3. The SMILES string of the molecule is COc1ccccc1-c1ccc(N2CCN(S(=O)(=O)c3ccc(I)cc3)CC2)nn1. The molecule has 0 radical (unpaired) electrons. The maximum Gasteiger partial charge on any atom is 0.243 e. The quantitative estimate of drug-likeness (QED) is 0.467. The maximum absolute atomic E-state index is 12.9. The van der Waals surface area contributed by atoms with Crippen molar-refractivity contribution in [3.8, 4) is 17.0 Å². The lowest BCUT2D eigenvalue weighted by Gasteiger charge is -2.34. The van der Waals surface area contributed by atoms with Crippen LogP contribution in [0.15, 0.2) is 65.6 Å². The number of piperazine rings is 1. The van der Waals surface area contributed by atoms with E-state index in [0.717, 1.165) is 26.4 Å².